The van der Waals surface area contributed by atoms with Crippen molar-refractivity contribution in [2.45, 2.75) is 32.6 Å². The van der Waals surface area contributed by atoms with Crippen LogP contribution in [0.2, 0.25) is 5.02 Å². The SMILES string of the molecule is CCCCCc1ccc(N(c2cnn(-c3ccc(Cl)cc3)c2)S(=O)[O-])c(C(=O)OC)c1. The molecule has 0 spiro atoms. The Balaban J connectivity index is 2.00. The van der Waals surface area contributed by atoms with E-state index < -0.39 is 17.2 Å². The highest BCUT2D eigenvalue weighted by Gasteiger charge is 2.21. The Morgan fingerprint density at radius 2 is 1.97 bits per heavy atom. The summed E-state index contributed by atoms with van der Waals surface area (Å²) in [7, 11) is 1.27. The Labute approximate surface area is 189 Å². The first-order chi connectivity index (χ1) is 14.9. The van der Waals surface area contributed by atoms with Crippen LogP contribution in [0, 0.1) is 0 Å². The third-order valence-electron chi connectivity index (χ3n) is 4.80. The number of hydrogen-bond donors (Lipinski definition) is 0. The van der Waals surface area contributed by atoms with Gasteiger partial charge in [-0.2, -0.15) is 5.10 Å². The Morgan fingerprint density at radius 1 is 1.23 bits per heavy atom. The zero-order valence-electron chi connectivity index (χ0n) is 17.3. The van der Waals surface area contributed by atoms with Crippen LogP contribution in [-0.4, -0.2) is 31.6 Å². The first-order valence-electron chi connectivity index (χ1n) is 9.86. The molecule has 0 N–H and O–H groups in total. The molecule has 0 aliphatic rings. The lowest BCUT2D eigenvalue weighted by molar-refractivity contribution is 0.0601. The largest absolute Gasteiger partial charge is 0.755 e. The molecule has 1 aromatic heterocycles. The molecule has 0 amide bonds. The number of methoxy groups -OCH3 is 1. The topological polar surface area (TPSA) is 87.5 Å². The van der Waals surface area contributed by atoms with Crippen molar-refractivity contribution < 1.29 is 18.3 Å². The maximum Gasteiger partial charge on any atom is 0.340 e. The molecule has 1 heterocycles. The van der Waals surface area contributed by atoms with Crippen molar-refractivity contribution in [2.75, 3.05) is 11.4 Å². The van der Waals surface area contributed by atoms with E-state index >= 15 is 0 Å². The summed E-state index contributed by atoms with van der Waals surface area (Å²) < 4.78 is 31.8. The zero-order chi connectivity index (χ0) is 22.4. The lowest BCUT2D eigenvalue weighted by atomic mass is 10.0. The van der Waals surface area contributed by atoms with Gasteiger partial charge in [0.2, 0.25) is 0 Å². The number of carbonyl (C=O) groups is 1. The van der Waals surface area contributed by atoms with E-state index in [-0.39, 0.29) is 16.9 Å². The smallest absolute Gasteiger partial charge is 0.340 e. The summed E-state index contributed by atoms with van der Waals surface area (Å²) in [4.78, 5) is 12.5. The van der Waals surface area contributed by atoms with E-state index in [0.717, 1.165) is 35.6 Å². The highest BCUT2D eigenvalue weighted by atomic mass is 35.5. The van der Waals surface area contributed by atoms with Gasteiger partial charge in [-0.3, -0.25) is 8.51 Å². The first-order valence-corrected chi connectivity index (χ1v) is 11.3. The second-order valence-corrected chi connectivity index (χ2v) is 8.17. The Kier molecular flexibility index (Phi) is 7.84. The number of halogens is 1. The zero-order valence-corrected chi connectivity index (χ0v) is 18.9. The number of benzene rings is 2. The molecule has 3 aromatic rings. The molecule has 2 aromatic carbocycles. The molecule has 1 unspecified atom stereocenters. The van der Waals surface area contributed by atoms with Gasteiger partial charge in [0.25, 0.3) is 0 Å². The second kappa shape index (κ2) is 10.6. The lowest BCUT2D eigenvalue weighted by Gasteiger charge is -2.26. The summed E-state index contributed by atoms with van der Waals surface area (Å²) in [5.41, 5.74) is 2.33. The molecule has 0 saturated heterocycles. The summed E-state index contributed by atoms with van der Waals surface area (Å²) in [5.74, 6) is -0.604. The van der Waals surface area contributed by atoms with E-state index in [2.05, 4.69) is 12.0 Å². The molecule has 0 saturated carbocycles. The molecule has 164 valence electrons. The van der Waals surface area contributed by atoms with Crippen molar-refractivity contribution in [2.24, 2.45) is 0 Å². The lowest BCUT2D eigenvalue weighted by Crippen LogP contribution is -2.22. The van der Waals surface area contributed by atoms with Gasteiger partial charge in [-0.25, -0.2) is 9.48 Å². The van der Waals surface area contributed by atoms with Gasteiger partial charge in [0.15, 0.2) is 0 Å². The number of hydrogen-bond acceptors (Lipinski definition) is 5. The number of carbonyl (C=O) groups excluding carboxylic acids is 1. The molecule has 3 rings (SSSR count). The predicted octanol–water partition coefficient (Wildman–Crippen LogP) is 4.98. The first kappa shape index (κ1) is 23.0. The van der Waals surface area contributed by atoms with Gasteiger partial charge in [0.05, 0.1) is 53.4 Å². The molecule has 31 heavy (non-hydrogen) atoms. The van der Waals surface area contributed by atoms with Crippen LogP contribution in [0.3, 0.4) is 0 Å². The van der Waals surface area contributed by atoms with Gasteiger partial charge in [0, 0.05) is 5.02 Å². The summed E-state index contributed by atoms with van der Waals surface area (Å²) in [6.07, 6.45) is 6.93. The normalized spacial score (nSPS) is 11.9. The van der Waals surface area contributed by atoms with E-state index in [1.165, 1.54) is 18.0 Å². The molecular weight excluding hydrogens is 438 g/mol. The third-order valence-corrected chi connectivity index (χ3v) is 5.76. The van der Waals surface area contributed by atoms with E-state index in [1.54, 1.807) is 42.6 Å². The van der Waals surface area contributed by atoms with Crippen molar-refractivity contribution in [1.82, 2.24) is 9.78 Å². The van der Waals surface area contributed by atoms with Crippen LogP contribution in [-0.2, 0) is 22.4 Å². The van der Waals surface area contributed by atoms with Crippen LogP contribution in [0.25, 0.3) is 5.69 Å². The molecule has 9 heteroatoms. The van der Waals surface area contributed by atoms with Gasteiger partial charge < -0.3 is 9.29 Å². The maximum absolute atomic E-state index is 12.5. The van der Waals surface area contributed by atoms with E-state index in [9.17, 15) is 13.6 Å². The second-order valence-electron chi connectivity index (χ2n) is 6.93. The Morgan fingerprint density at radius 3 is 2.61 bits per heavy atom. The van der Waals surface area contributed by atoms with Crippen molar-refractivity contribution in [1.29, 1.82) is 0 Å². The van der Waals surface area contributed by atoms with Crippen LogP contribution >= 0.6 is 11.6 Å². The third kappa shape index (κ3) is 5.52. The average molecular weight is 461 g/mol. The van der Waals surface area contributed by atoms with Crippen LogP contribution in [0.5, 0.6) is 0 Å². The fourth-order valence-corrected chi connectivity index (χ4v) is 3.94. The van der Waals surface area contributed by atoms with Crippen LogP contribution in [0.15, 0.2) is 54.9 Å². The minimum absolute atomic E-state index is 0.181. The predicted molar refractivity (Wildman–Crippen MR) is 121 cm³/mol. The number of aromatic nitrogens is 2. The number of rotatable bonds is 9. The van der Waals surface area contributed by atoms with E-state index in [4.69, 9.17) is 16.3 Å². The van der Waals surface area contributed by atoms with Gasteiger partial charge in [-0.15, -0.1) is 0 Å². The van der Waals surface area contributed by atoms with Crippen LogP contribution in [0.4, 0.5) is 11.4 Å². The van der Waals surface area contributed by atoms with E-state index in [0.29, 0.717) is 10.7 Å². The van der Waals surface area contributed by atoms with Crippen LogP contribution in [0.1, 0.15) is 42.1 Å². The average Bonchev–Trinajstić information content (AvgIpc) is 3.24. The standard InChI is InChI=1S/C22H24ClN3O4S/c1-3-4-5-6-16-7-12-21(20(13-16)22(27)30-2)26(31(28)29)19-14-24-25(15-19)18-10-8-17(23)9-11-18/h7-15H,3-6H2,1-2H3,(H,28,29)/p-1. The molecule has 7 nitrogen and oxygen atoms in total. The highest BCUT2D eigenvalue weighted by Crippen LogP contribution is 2.32. The molecule has 1 atom stereocenters. The van der Waals surface area contributed by atoms with Gasteiger partial charge in [-0.05, 0) is 54.8 Å². The number of nitrogens with zero attached hydrogens (tertiary/aromatic N) is 3. The Bertz CT molecular complexity index is 1070. The number of ether oxygens (including phenoxy) is 1. The van der Waals surface area contributed by atoms with Crippen molar-refractivity contribution in [3.8, 4) is 5.69 Å². The van der Waals surface area contributed by atoms with Crippen molar-refractivity contribution in [3.05, 3.63) is 71.0 Å². The number of aryl methyl sites for hydroxylation is 1. The minimum atomic E-state index is -2.69. The number of anilines is 2. The summed E-state index contributed by atoms with van der Waals surface area (Å²) in [6.45, 7) is 2.12. The van der Waals surface area contributed by atoms with Crippen molar-refractivity contribution in [3.63, 3.8) is 0 Å². The summed E-state index contributed by atoms with van der Waals surface area (Å²) in [6, 6.07) is 12.1. The molecule has 0 aliphatic heterocycles. The van der Waals surface area contributed by atoms with Crippen molar-refractivity contribution >= 4 is 40.2 Å². The Hall–Kier alpha value is -2.68. The van der Waals surface area contributed by atoms with Gasteiger partial charge in [0.1, 0.15) is 0 Å². The molecule has 0 aliphatic carbocycles. The summed E-state index contributed by atoms with van der Waals surface area (Å²) >= 11 is 3.23. The molecule has 0 bridgehead atoms. The van der Waals surface area contributed by atoms with Gasteiger partial charge >= 0.3 is 5.97 Å². The van der Waals surface area contributed by atoms with Crippen LogP contribution < -0.4 is 4.31 Å². The number of esters is 1. The maximum atomic E-state index is 12.5. The minimum Gasteiger partial charge on any atom is -0.755 e. The van der Waals surface area contributed by atoms with Gasteiger partial charge in [-0.1, -0.05) is 37.4 Å². The fraction of sp³-hybridized carbons (Fsp3) is 0.273. The molecule has 0 radical (unpaired) electrons. The summed E-state index contributed by atoms with van der Waals surface area (Å²) in [5, 5.41) is 4.83. The fourth-order valence-electron chi connectivity index (χ4n) is 3.23. The quantitative estimate of drug-likeness (QED) is 0.255. The molecule has 0 fully saturated rings. The molecular formula is C22H23ClN3O4S-. The van der Waals surface area contributed by atoms with E-state index in [1.807, 2.05) is 6.07 Å². The monoisotopic (exact) mass is 460 g/mol. The highest BCUT2D eigenvalue weighted by molar-refractivity contribution is 7.81. The number of unbranched alkanes of at least 4 members (excludes halogenated alkanes) is 2.